The number of aromatic amines is 1. The molecule has 0 fully saturated rings. The smallest absolute Gasteiger partial charge is 0.344 e. The van der Waals surface area contributed by atoms with E-state index in [0.29, 0.717) is 22.4 Å². The van der Waals surface area contributed by atoms with E-state index in [1.54, 1.807) is 48.5 Å². The summed E-state index contributed by atoms with van der Waals surface area (Å²) in [7, 11) is 0. The van der Waals surface area contributed by atoms with E-state index in [0.717, 1.165) is 0 Å². The van der Waals surface area contributed by atoms with Crippen LogP contribution in [0.15, 0.2) is 53.3 Å². The Morgan fingerprint density at radius 3 is 2.50 bits per heavy atom. The third-order valence-corrected chi connectivity index (χ3v) is 3.29. The van der Waals surface area contributed by atoms with Crippen LogP contribution in [-0.4, -0.2) is 27.1 Å². The van der Waals surface area contributed by atoms with E-state index < -0.39 is 12.1 Å². The predicted octanol–water partition coefficient (Wildman–Crippen LogP) is 2.57. The topological polar surface area (TPSA) is 102 Å². The molecule has 3 aromatic rings. The van der Waals surface area contributed by atoms with Gasteiger partial charge in [-0.05, 0) is 43.3 Å². The van der Waals surface area contributed by atoms with Crippen LogP contribution in [0.4, 0.5) is 0 Å². The summed E-state index contributed by atoms with van der Waals surface area (Å²) >= 11 is 0. The zero-order valence-corrected chi connectivity index (χ0v) is 12.7. The Hall–Kier alpha value is -3.35. The number of aromatic nitrogens is 2. The number of ether oxygens (including phenoxy) is 2. The van der Waals surface area contributed by atoms with Crippen molar-refractivity contribution in [1.82, 2.24) is 9.97 Å². The number of fused-ring (bicyclic) bond motifs is 1. The lowest BCUT2D eigenvalue weighted by molar-refractivity contribution is -0.144. The molecule has 0 radical (unpaired) electrons. The first-order valence-electron chi connectivity index (χ1n) is 7.19. The number of carboxylic acid groups (broad SMARTS) is 1. The molecule has 24 heavy (non-hydrogen) atoms. The van der Waals surface area contributed by atoms with Crippen molar-refractivity contribution in [3.8, 4) is 17.5 Å². The Labute approximate surface area is 136 Å². The number of nitrogens with one attached hydrogen (secondary N) is 1. The van der Waals surface area contributed by atoms with Gasteiger partial charge < -0.3 is 14.6 Å². The minimum atomic E-state index is -1.05. The molecule has 2 aromatic carbocycles. The highest BCUT2D eigenvalue weighted by Crippen LogP contribution is 2.22. The standard InChI is InChI=1S/C17H14N2O5/c1-10(16(21)22)23-11-6-8-12(9-7-11)24-17-18-14-5-3-2-4-13(14)15(20)19-17/h2-10H,1H3,(H,21,22)(H,18,19,20)/t10-/m1/s1. The first-order valence-corrected chi connectivity index (χ1v) is 7.19. The maximum absolute atomic E-state index is 12.0. The number of H-pyrrole nitrogens is 1. The van der Waals surface area contributed by atoms with E-state index in [1.807, 2.05) is 0 Å². The number of hydrogen-bond acceptors (Lipinski definition) is 5. The van der Waals surface area contributed by atoms with Crippen LogP contribution in [0.3, 0.4) is 0 Å². The molecule has 0 spiro atoms. The molecule has 0 saturated carbocycles. The number of carbonyl (C=O) groups is 1. The van der Waals surface area contributed by atoms with E-state index in [9.17, 15) is 9.59 Å². The van der Waals surface area contributed by atoms with Crippen molar-refractivity contribution in [3.63, 3.8) is 0 Å². The first-order chi connectivity index (χ1) is 11.5. The van der Waals surface area contributed by atoms with Crippen molar-refractivity contribution in [2.75, 3.05) is 0 Å². The summed E-state index contributed by atoms with van der Waals surface area (Å²) < 4.78 is 10.8. The molecule has 0 unspecified atom stereocenters. The van der Waals surface area contributed by atoms with Crippen LogP contribution in [-0.2, 0) is 4.79 Å². The summed E-state index contributed by atoms with van der Waals surface area (Å²) in [6.45, 7) is 1.44. The summed E-state index contributed by atoms with van der Waals surface area (Å²) in [5.74, 6) is -0.214. The number of aliphatic carboxylic acids is 1. The number of benzene rings is 2. The molecule has 1 aromatic heterocycles. The molecule has 2 N–H and O–H groups in total. The van der Waals surface area contributed by atoms with Crippen molar-refractivity contribution in [3.05, 3.63) is 58.9 Å². The lowest BCUT2D eigenvalue weighted by Crippen LogP contribution is -2.22. The SMILES string of the molecule is C[C@@H](Oc1ccc(Oc2nc3ccccc3c(=O)[nH]2)cc1)C(=O)O. The molecule has 7 heteroatoms. The maximum Gasteiger partial charge on any atom is 0.344 e. The van der Waals surface area contributed by atoms with Crippen LogP contribution in [0.1, 0.15) is 6.92 Å². The second-order valence-electron chi connectivity index (χ2n) is 5.06. The van der Waals surface area contributed by atoms with Gasteiger partial charge in [-0.1, -0.05) is 12.1 Å². The summed E-state index contributed by atoms with van der Waals surface area (Å²) in [5.41, 5.74) is 0.248. The molecule has 0 bridgehead atoms. The second-order valence-corrected chi connectivity index (χ2v) is 5.06. The molecule has 3 rings (SSSR count). The second kappa shape index (κ2) is 6.41. The number of nitrogens with zero attached hydrogens (tertiary/aromatic N) is 1. The summed E-state index contributed by atoms with van der Waals surface area (Å²) in [4.78, 5) is 29.5. The molecule has 1 atom stereocenters. The average Bonchev–Trinajstić information content (AvgIpc) is 2.56. The van der Waals surface area contributed by atoms with E-state index in [-0.39, 0.29) is 11.6 Å². The number of hydrogen-bond donors (Lipinski definition) is 2. The van der Waals surface area contributed by atoms with Crippen LogP contribution in [0.2, 0.25) is 0 Å². The maximum atomic E-state index is 12.0. The Balaban J connectivity index is 1.79. The molecule has 0 aliphatic carbocycles. The lowest BCUT2D eigenvalue weighted by Gasteiger charge is -2.11. The van der Waals surface area contributed by atoms with Gasteiger partial charge in [0.1, 0.15) is 11.5 Å². The normalized spacial score (nSPS) is 11.9. The number of carboxylic acids is 1. The average molecular weight is 326 g/mol. The fourth-order valence-corrected chi connectivity index (χ4v) is 2.07. The molecule has 0 aliphatic rings. The fraction of sp³-hybridized carbons (Fsp3) is 0.118. The van der Waals surface area contributed by atoms with Crippen LogP contribution >= 0.6 is 0 Å². The minimum absolute atomic E-state index is 0.0753. The Bertz CT molecular complexity index is 934. The van der Waals surface area contributed by atoms with E-state index >= 15 is 0 Å². The summed E-state index contributed by atoms with van der Waals surface area (Å²) in [6.07, 6.45) is -0.949. The van der Waals surface area contributed by atoms with Gasteiger partial charge in [0.2, 0.25) is 0 Å². The van der Waals surface area contributed by atoms with Crippen molar-refractivity contribution >= 4 is 16.9 Å². The molecule has 0 aliphatic heterocycles. The zero-order chi connectivity index (χ0) is 17.1. The minimum Gasteiger partial charge on any atom is -0.479 e. The monoisotopic (exact) mass is 326 g/mol. The molecule has 7 nitrogen and oxygen atoms in total. The van der Waals surface area contributed by atoms with Crippen molar-refractivity contribution < 1.29 is 19.4 Å². The van der Waals surface area contributed by atoms with E-state index in [2.05, 4.69) is 9.97 Å². The van der Waals surface area contributed by atoms with Gasteiger partial charge in [0.15, 0.2) is 6.10 Å². The largest absolute Gasteiger partial charge is 0.479 e. The highest BCUT2D eigenvalue weighted by molar-refractivity contribution is 5.77. The molecule has 122 valence electrons. The predicted molar refractivity (Wildman–Crippen MR) is 86.6 cm³/mol. The Morgan fingerprint density at radius 1 is 1.12 bits per heavy atom. The first kappa shape index (κ1) is 15.5. The zero-order valence-electron chi connectivity index (χ0n) is 12.7. The summed E-state index contributed by atoms with van der Waals surface area (Å²) in [6, 6.07) is 13.4. The van der Waals surface area contributed by atoms with Crippen molar-refractivity contribution in [2.24, 2.45) is 0 Å². The van der Waals surface area contributed by atoms with E-state index in [1.165, 1.54) is 6.92 Å². The molecular formula is C17H14N2O5. The van der Waals surface area contributed by atoms with Gasteiger partial charge in [-0.3, -0.25) is 9.78 Å². The van der Waals surface area contributed by atoms with Gasteiger partial charge in [0.25, 0.3) is 5.56 Å². The third kappa shape index (κ3) is 3.35. The molecule has 0 amide bonds. The van der Waals surface area contributed by atoms with Gasteiger partial charge in [0, 0.05) is 0 Å². The van der Waals surface area contributed by atoms with Gasteiger partial charge in [-0.2, -0.15) is 4.98 Å². The van der Waals surface area contributed by atoms with E-state index in [4.69, 9.17) is 14.6 Å². The highest BCUT2D eigenvalue weighted by Gasteiger charge is 2.12. The van der Waals surface area contributed by atoms with Crippen LogP contribution in [0, 0.1) is 0 Å². The van der Waals surface area contributed by atoms with Gasteiger partial charge in [-0.15, -0.1) is 0 Å². The quantitative estimate of drug-likeness (QED) is 0.747. The lowest BCUT2D eigenvalue weighted by atomic mass is 10.2. The number of para-hydroxylation sites is 1. The fourth-order valence-electron chi connectivity index (χ4n) is 2.07. The third-order valence-electron chi connectivity index (χ3n) is 3.29. The van der Waals surface area contributed by atoms with Gasteiger partial charge in [-0.25, -0.2) is 4.79 Å². The number of rotatable bonds is 5. The van der Waals surface area contributed by atoms with Crippen LogP contribution in [0.25, 0.3) is 10.9 Å². The van der Waals surface area contributed by atoms with Gasteiger partial charge >= 0.3 is 12.0 Å². The summed E-state index contributed by atoms with van der Waals surface area (Å²) in [5, 5.41) is 9.30. The highest BCUT2D eigenvalue weighted by atomic mass is 16.5. The van der Waals surface area contributed by atoms with Crippen LogP contribution in [0.5, 0.6) is 17.5 Å². The molecule has 1 heterocycles. The molecule has 0 saturated heterocycles. The Morgan fingerprint density at radius 2 is 1.79 bits per heavy atom. The van der Waals surface area contributed by atoms with Crippen LogP contribution < -0.4 is 15.0 Å². The van der Waals surface area contributed by atoms with Crippen molar-refractivity contribution in [1.29, 1.82) is 0 Å². The Kier molecular flexibility index (Phi) is 4.15. The molecular weight excluding hydrogens is 312 g/mol. The van der Waals surface area contributed by atoms with Gasteiger partial charge in [0.05, 0.1) is 10.9 Å². The van der Waals surface area contributed by atoms with Crippen molar-refractivity contribution in [2.45, 2.75) is 13.0 Å².